The molecule has 1 fully saturated rings. The van der Waals surface area contributed by atoms with Gasteiger partial charge in [0.15, 0.2) is 0 Å². The van der Waals surface area contributed by atoms with Gasteiger partial charge in [0.05, 0.1) is 13.2 Å². The number of benzene rings is 3. The zero-order valence-electron chi connectivity index (χ0n) is 35.0. The molecule has 3 aliphatic rings. The predicted octanol–water partition coefficient (Wildman–Crippen LogP) is 9.56. The van der Waals surface area contributed by atoms with Gasteiger partial charge in [-0.1, -0.05) is 67.9 Å². The van der Waals surface area contributed by atoms with E-state index in [9.17, 15) is 24.6 Å². The average molecular weight is 836 g/mol. The van der Waals surface area contributed by atoms with Gasteiger partial charge < -0.3 is 30.3 Å². The number of pyridine rings is 1. The van der Waals surface area contributed by atoms with Crippen LogP contribution in [0.2, 0.25) is 5.02 Å². The number of carboxylic acids is 2. The molecule has 4 N–H and O–H groups in total. The first-order valence-electron chi connectivity index (χ1n) is 21.5. The van der Waals surface area contributed by atoms with E-state index in [-0.39, 0.29) is 42.6 Å². The molecule has 1 amide bonds. The third-order valence-corrected chi connectivity index (χ3v) is 13.6. The number of aryl methyl sites for hydroxylation is 1. The number of hydrogen-bond donors (Lipinski definition) is 4. The van der Waals surface area contributed by atoms with Crippen LogP contribution in [0.4, 0.5) is 5.69 Å². The van der Waals surface area contributed by atoms with Gasteiger partial charge in [0.2, 0.25) is 5.91 Å². The number of nitrogens with zero attached hydrogens (tertiary/aromatic N) is 1. The van der Waals surface area contributed by atoms with Gasteiger partial charge in [0, 0.05) is 41.0 Å². The Morgan fingerprint density at radius 2 is 1.77 bits per heavy atom. The van der Waals surface area contributed by atoms with E-state index in [1.165, 1.54) is 23.6 Å². The molecule has 0 radical (unpaired) electrons. The minimum Gasteiger partial charge on any atom is -0.494 e. The molecular weight excluding hydrogens is 778 g/mol. The molecule has 3 aliphatic carbocycles. The Morgan fingerprint density at radius 3 is 2.50 bits per heavy atom. The standard InChI is InChI=1S/C49H58ClN3O7/c1-32(31-60-42-19-24-51-41-15-7-10-33(2)44(41)42)26-36-27-35-17-18-39(59-25-9-16-43(54)53-47(3,45(55)56)30-34-11-5-4-6-12-34)29-40(35)48(36)20-22-49(23-21-48,46(57)58)52-38-14-8-13-37(50)28-38/h4-6,8,11-14,17-19,24,28-29,32-33,36,52H,7,9-10,15-16,20-23,25-27,30-31H2,1-3H3,(H,53,54)(H,55,56)(H,57,58)/t32-,33-,36?,47?,48?,49?/m1/s1. The highest BCUT2D eigenvalue weighted by atomic mass is 35.5. The first-order valence-corrected chi connectivity index (χ1v) is 21.9. The summed E-state index contributed by atoms with van der Waals surface area (Å²) in [4.78, 5) is 42.9. The van der Waals surface area contributed by atoms with E-state index < -0.39 is 23.0 Å². The molecule has 1 aromatic heterocycles. The highest BCUT2D eigenvalue weighted by molar-refractivity contribution is 6.30. The topological polar surface area (TPSA) is 147 Å². The van der Waals surface area contributed by atoms with Gasteiger partial charge in [-0.15, -0.1) is 0 Å². The van der Waals surface area contributed by atoms with Crippen molar-refractivity contribution in [2.75, 3.05) is 18.5 Å². The maximum absolute atomic E-state index is 13.1. The van der Waals surface area contributed by atoms with Crippen LogP contribution in [0.15, 0.2) is 85.1 Å². The summed E-state index contributed by atoms with van der Waals surface area (Å²) in [6.45, 7) is 6.91. The Hall–Kier alpha value is -5.09. The van der Waals surface area contributed by atoms with E-state index in [0.717, 1.165) is 49.1 Å². The van der Waals surface area contributed by atoms with Crippen LogP contribution < -0.4 is 20.1 Å². The number of anilines is 1. The third kappa shape index (κ3) is 9.44. The molecule has 4 atom stereocenters. The lowest BCUT2D eigenvalue weighted by Gasteiger charge is -2.47. The number of aromatic nitrogens is 1. The molecule has 0 aliphatic heterocycles. The molecule has 1 saturated carbocycles. The van der Waals surface area contributed by atoms with Crippen molar-refractivity contribution in [3.8, 4) is 11.5 Å². The number of hydrogen-bond acceptors (Lipinski definition) is 7. The molecule has 0 bridgehead atoms. The van der Waals surface area contributed by atoms with Crippen molar-refractivity contribution in [1.29, 1.82) is 0 Å². The number of fused-ring (bicyclic) bond motifs is 3. The van der Waals surface area contributed by atoms with Gasteiger partial charge in [-0.2, -0.15) is 0 Å². The fraction of sp³-hybridized carbons (Fsp3) is 0.469. The highest BCUT2D eigenvalue weighted by Crippen LogP contribution is 2.57. The first-order chi connectivity index (χ1) is 28.8. The Morgan fingerprint density at radius 1 is 0.983 bits per heavy atom. The van der Waals surface area contributed by atoms with Gasteiger partial charge in [0.25, 0.3) is 0 Å². The molecule has 7 rings (SSSR count). The van der Waals surface area contributed by atoms with Gasteiger partial charge in [-0.05, 0) is 147 Å². The SMILES string of the molecule is C[C@@H](COc1ccnc2c1[C@H](C)CCC2)CC1Cc2ccc(OCCCC(=O)NC(C)(Cc3ccccc3)C(=O)O)cc2C12CCC(Nc1cccc(Cl)c1)(C(=O)O)CC2. The van der Waals surface area contributed by atoms with Crippen LogP contribution in [-0.4, -0.2) is 57.3 Å². The van der Waals surface area contributed by atoms with E-state index in [4.69, 9.17) is 21.1 Å². The van der Waals surface area contributed by atoms with E-state index in [0.29, 0.717) is 61.1 Å². The number of amides is 1. The Kier molecular flexibility index (Phi) is 13.1. The molecular formula is C49H58ClN3O7. The number of carbonyl (C=O) groups excluding carboxylic acids is 1. The monoisotopic (exact) mass is 835 g/mol. The molecule has 10 nitrogen and oxygen atoms in total. The number of rotatable bonds is 17. The van der Waals surface area contributed by atoms with Gasteiger partial charge in [-0.3, -0.25) is 9.78 Å². The highest BCUT2D eigenvalue weighted by Gasteiger charge is 2.54. The van der Waals surface area contributed by atoms with E-state index in [2.05, 4.69) is 41.6 Å². The molecule has 2 unspecified atom stereocenters. The van der Waals surface area contributed by atoms with Crippen molar-refractivity contribution in [2.24, 2.45) is 11.8 Å². The summed E-state index contributed by atoms with van der Waals surface area (Å²) in [5.74, 6) is 0.286. The van der Waals surface area contributed by atoms with Gasteiger partial charge >= 0.3 is 11.9 Å². The lowest BCUT2D eigenvalue weighted by molar-refractivity contribution is -0.147. The van der Waals surface area contributed by atoms with Crippen LogP contribution >= 0.6 is 11.6 Å². The number of halogens is 1. The van der Waals surface area contributed by atoms with Crippen LogP contribution in [0.3, 0.4) is 0 Å². The largest absolute Gasteiger partial charge is 0.494 e. The fourth-order valence-corrected chi connectivity index (χ4v) is 10.3. The normalized spacial score (nSPS) is 23.4. The zero-order chi connectivity index (χ0) is 42.5. The number of aliphatic carboxylic acids is 2. The summed E-state index contributed by atoms with van der Waals surface area (Å²) in [6, 6.07) is 24.8. The van der Waals surface area contributed by atoms with Crippen LogP contribution in [-0.2, 0) is 39.1 Å². The zero-order valence-corrected chi connectivity index (χ0v) is 35.7. The molecule has 3 aromatic carbocycles. The smallest absolute Gasteiger partial charge is 0.329 e. The van der Waals surface area contributed by atoms with Crippen molar-refractivity contribution in [3.05, 3.63) is 118 Å². The molecule has 11 heteroatoms. The minimum absolute atomic E-state index is 0.118. The molecule has 318 valence electrons. The summed E-state index contributed by atoms with van der Waals surface area (Å²) >= 11 is 6.30. The molecule has 1 heterocycles. The van der Waals surface area contributed by atoms with Crippen LogP contribution in [0.5, 0.6) is 11.5 Å². The number of ether oxygens (including phenoxy) is 2. The van der Waals surface area contributed by atoms with Crippen molar-refractivity contribution in [3.63, 3.8) is 0 Å². The van der Waals surface area contributed by atoms with Crippen LogP contribution in [0, 0.1) is 11.8 Å². The maximum atomic E-state index is 13.1. The van der Waals surface area contributed by atoms with E-state index in [1.54, 1.807) is 12.1 Å². The van der Waals surface area contributed by atoms with Crippen molar-refractivity contribution in [1.82, 2.24) is 10.3 Å². The number of nitrogens with one attached hydrogen (secondary N) is 2. The molecule has 60 heavy (non-hydrogen) atoms. The Labute approximate surface area is 358 Å². The third-order valence-electron chi connectivity index (χ3n) is 13.4. The van der Waals surface area contributed by atoms with Crippen molar-refractivity contribution in [2.45, 2.75) is 120 Å². The average Bonchev–Trinajstić information content (AvgIpc) is 3.50. The summed E-state index contributed by atoms with van der Waals surface area (Å²) in [7, 11) is 0. The Bertz CT molecular complexity index is 2170. The summed E-state index contributed by atoms with van der Waals surface area (Å²) in [5, 5.41) is 27.3. The van der Waals surface area contributed by atoms with E-state index in [1.807, 2.05) is 60.8 Å². The van der Waals surface area contributed by atoms with Crippen LogP contribution in [0.25, 0.3) is 0 Å². The van der Waals surface area contributed by atoms with E-state index >= 15 is 0 Å². The fourth-order valence-electron chi connectivity index (χ4n) is 10.1. The molecule has 1 spiro atoms. The summed E-state index contributed by atoms with van der Waals surface area (Å²) in [5.41, 5.74) is 3.56. The van der Waals surface area contributed by atoms with Crippen LogP contribution in [0.1, 0.15) is 112 Å². The van der Waals surface area contributed by atoms with Gasteiger partial charge in [-0.25, -0.2) is 9.59 Å². The quantitative estimate of drug-likeness (QED) is 0.0764. The molecule has 4 aromatic rings. The summed E-state index contributed by atoms with van der Waals surface area (Å²) in [6.07, 6.45) is 9.89. The van der Waals surface area contributed by atoms with Gasteiger partial charge in [0.1, 0.15) is 22.6 Å². The second-order valence-corrected chi connectivity index (χ2v) is 18.2. The Balaban J connectivity index is 1.05. The summed E-state index contributed by atoms with van der Waals surface area (Å²) < 4.78 is 12.9. The lowest BCUT2D eigenvalue weighted by atomic mass is 9.59. The number of carbonyl (C=O) groups is 3. The van der Waals surface area contributed by atoms with Crippen molar-refractivity contribution >= 4 is 35.1 Å². The second-order valence-electron chi connectivity index (χ2n) is 17.8. The molecule has 0 saturated heterocycles. The minimum atomic E-state index is -1.44. The number of carboxylic acid groups (broad SMARTS) is 2. The lowest BCUT2D eigenvalue weighted by Crippen LogP contribution is -2.53. The predicted molar refractivity (Wildman–Crippen MR) is 233 cm³/mol. The maximum Gasteiger partial charge on any atom is 0.329 e. The first kappa shape index (κ1) is 43.0. The second kappa shape index (κ2) is 18.3. The van der Waals surface area contributed by atoms with Crippen molar-refractivity contribution < 1.29 is 34.1 Å².